The van der Waals surface area contributed by atoms with Gasteiger partial charge in [0.05, 0.1) is 22.3 Å². The highest BCUT2D eigenvalue weighted by molar-refractivity contribution is 7.99. The number of amides is 1. The Labute approximate surface area is 191 Å². The van der Waals surface area contributed by atoms with Crippen molar-refractivity contribution in [3.8, 4) is 5.69 Å². The average Bonchev–Trinajstić information content (AvgIpc) is 2.79. The second-order valence-electron chi connectivity index (χ2n) is 7.95. The number of hydrogen-bond donors (Lipinski definition) is 1. The molecule has 0 fully saturated rings. The Morgan fingerprint density at radius 2 is 1.69 bits per heavy atom. The molecule has 0 saturated carbocycles. The Kier molecular flexibility index (Phi) is 6.42. The minimum atomic E-state index is -0.145. The third kappa shape index (κ3) is 4.60. The highest BCUT2D eigenvalue weighted by Crippen LogP contribution is 2.23. The SMILES string of the molecule is Cc1ccccc1NC(=O)CSc1nc2ccccc2c(=O)n1-c1ccc(C(C)C)cc1. The molecule has 5 nitrogen and oxygen atoms in total. The third-order valence-electron chi connectivity index (χ3n) is 5.31. The lowest BCUT2D eigenvalue weighted by Gasteiger charge is -2.14. The number of nitrogens with zero attached hydrogens (tertiary/aromatic N) is 2. The first-order chi connectivity index (χ1) is 15.4. The van der Waals surface area contributed by atoms with Crippen LogP contribution in [0.5, 0.6) is 0 Å². The molecular weight excluding hydrogens is 418 g/mol. The van der Waals surface area contributed by atoms with Crippen LogP contribution in [0.2, 0.25) is 0 Å². The van der Waals surface area contributed by atoms with Crippen molar-refractivity contribution in [1.82, 2.24) is 9.55 Å². The number of benzene rings is 3. The minimum absolute atomic E-state index is 0.142. The molecule has 1 N–H and O–H groups in total. The molecule has 0 spiro atoms. The predicted octanol–water partition coefficient (Wildman–Crippen LogP) is 5.55. The molecule has 0 aliphatic heterocycles. The first-order valence-electron chi connectivity index (χ1n) is 10.5. The van der Waals surface area contributed by atoms with E-state index in [9.17, 15) is 9.59 Å². The fraction of sp³-hybridized carbons (Fsp3) is 0.192. The van der Waals surface area contributed by atoms with Gasteiger partial charge in [0.1, 0.15) is 0 Å². The number of rotatable bonds is 6. The van der Waals surface area contributed by atoms with Crippen molar-refractivity contribution in [2.45, 2.75) is 31.8 Å². The van der Waals surface area contributed by atoms with Gasteiger partial charge in [0.2, 0.25) is 5.91 Å². The number of thioether (sulfide) groups is 1. The molecular formula is C26H25N3O2S. The van der Waals surface area contributed by atoms with Gasteiger partial charge in [0, 0.05) is 5.69 Å². The van der Waals surface area contributed by atoms with Crippen LogP contribution in [0.15, 0.2) is 82.7 Å². The number of para-hydroxylation sites is 2. The quantitative estimate of drug-likeness (QED) is 0.314. The van der Waals surface area contributed by atoms with E-state index in [2.05, 4.69) is 19.2 Å². The molecule has 0 saturated heterocycles. The van der Waals surface area contributed by atoms with E-state index in [1.165, 1.54) is 17.3 Å². The first kappa shape index (κ1) is 21.8. The summed E-state index contributed by atoms with van der Waals surface area (Å²) in [5.41, 5.74) is 4.19. The number of aromatic nitrogens is 2. The highest BCUT2D eigenvalue weighted by atomic mass is 32.2. The Hall–Kier alpha value is -3.38. The number of hydrogen-bond acceptors (Lipinski definition) is 4. The maximum Gasteiger partial charge on any atom is 0.266 e. The minimum Gasteiger partial charge on any atom is -0.325 e. The topological polar surface area (TPSA) is 64.0 Å². The van der Waals surface area contributed by atoms with Crippen LogP contribution in [-0.2, 0) is 4.79 Å². The fourth-order valence-corrected chi connectivity index (χ4v) is 4.29. The first-order valence-corrected chi connectivity index (χ1v) is 11.5. The number of carbonyl (C=O) groups is 1. The van der Waals surface area contributed by atoms with Crippen LogP contribution in [0.4, 0.5) is 5.69 Å². The normalized spacial score (nSPS) is 11.1. The van der Waals surface area contributed by atoms with Gasteiger partial charge in [-0.1, -0.05) is 68.1 Å². The number of fused-ring (bicyclic) bond motifs is 1. The van der Waals surface area contributed by atoms with Crippen molar-refractivity contribution in [2.75, 3.05) is 11.1 Å². The third-order valence-corrected chi connectivity index (χ3v) is 6.25. The van der Waals surface area contributed by atoms with Gasteiger partial charge < -0.3 is 5.32 Å². The molecule has 0 radical (unpaired) electrons. The monoisotopic (exact) mass is 443 g/mol. The zero-order chi connectivity index (χ0) is 22.7. The van der Waals surface area contributed by atoms with Gasteiger partial charge in [-0.25, -0.2) is 4.98 Å². The van der Waals surface area contributed by atoms with Gasteiger partial charge in [-0.05, 0) is 54.3 Å². The van der Waals surface area contributed by atoms with Gasteiger partial charge in [-0.15, -0.1) is 0 Å². The molecule has 0 atom stereocenters. The number of aryl methyl sites for hydroxylation is 1. The summed E-state index contributed by atoms with van der Waals surface area (Å²) in [7, 11) is 0. The van der Waals surface area contributed by atoms with Gasteiger partial charge >= 0.3 is 0 Å². The summed E-state index contributed by atoms with van der Waals surface area (Å²) in [5.74, 6) is 0.395. The fourth-order valence-electron chi connectivity index (χ4n) is 3.47. The molecule has 32 heavy (non-hydrogen) atoms. The summed E-state index contributed by atoms with van der Waals surface area (Å²) >= 11 is 1.25. The van der Waals surface area contributed by atoms with E-state index < -0.39 is 0 Å². The van der Waals surface area contributed by atoms with Crippen LogP contribution in [0, 0.1) is 6.92 Å². The number of carbonyl (C=O) groups excluding carboxylic acids is 1. The predicted molar refractivity (Wildman–Crippen MR) is 132 cm³/mol. The smallest absolute Gasteiger partial charge is 0.266 e. The van der Waals surface area contributed by atoms with E-state index >= 15 is 0 Å². The molecule has 1 aromatic heterocycles. The van der Waals surface area contributed by atoms with Crippen molar-refractivity contribution >= 4 is 34.3 Å². The van der Waals surface area contributed by atoms with E-state index in [1.54, 1.807) is 10.6 Å². The maximum atomic E-state index is 13.4. The van der Waals surface area contributed by atoms with Crippen molar-refractivity contribution in [2.24, 2.45) is 0 Å². The van der Waals surface area contributed by atoms with E-state index in [-0.39, 0.29) is 17.2 Å². The summed E-state index contributed by atoms with van der Waals surface area (Å²) in [6.45, 7) is 6.21. The van der Waals surface area contributed by atoms with Crippen LogP contribution in [-0.4, -0.2) is 21.2 Å². The molecule has 6 heteroatoms. The largest absolute Gasteiger partial charge is 0.325 e. The lowest BCUT2D eigenvalue weighted by atomic mass is 10.0. The molecule has 0 aliphatic carbocycles. The summed E-state index contributed by atoms with van der Waals surface area (Å²) in [6, 6.07) is 22.9. The summed E-state index contributed by atoms with van der Waals surface area (Å²) < 4.78 is 1.60. The standard InChI is InChI=1S/C26H25N3O2S/c1-17(2)19-12-14-20(15-13-19)29-25(31)21-9-5-7-11-23(21)28-26(29)32-16-24(30)27-22-10-6-4-8-18(22)3/h4-15,17H,16H2,1-3H3,(H,27,30). The molecule has 0 bridgehead atoms. The number of anilines is 1. The van der Waals surface area contributed by atoms with Crippen molar-refractivity contribution in [3.05, 3.63) is 94.3 Å². The Balaban J connectivity index is 1.68. The molecule has 162 valence electrons. The second kappa shape index (κ2) is 9.40. The van der Waals surface area contributed by atoms with Crippen LogP contribution >= 0.6 is 11.8 Å². The van der Waals surface area contributed by atoms with Gasteiger partial charge in [0.15, 0.2) is 5.16 Å². The zero-order valence-electron chi connectivity index (χ0n) is 18.3. The second-order valence-corrected chi connectivity index (χ2v) is 8.89. The lowest BCUT2D eigenvalue weighted by Crippen LogP contribution is -2.23. The molecule has 1 heterocycles. The van der Waals surface area contributed by atoms with Crippen LogP contribution in [0.25, 0.3) is 16.6 Å². The Morgan fingerprint density at radius 1 is 1.00 bits per heavy atom. The maximum absolute atomic E-state index is 13.4. The molecule has 0 aliphatic rings. The Bertz CT molecular complexity index is 1330. The molecule has 4 aromatic rings. The van der Waals surface area contributed by atoms with Gasteiger partial charge in [-0.2, -0.15) is 0 Å². The van der Waals surface area contributed by atoms with Crippen LogP contribution < -0.4 is 10.9 Å². The average molecular weight is 444 g/mol. The molecule has 4 rings (SSSR count). The van der Waals surface area contributed by atoms with Crippen molar-refractivity contribution < 1.29 is 4.79 Å². The summed E-state index contributed by atoms with van der Waals surface area (Å²) in [4.78, 5) is 30.7. The summed E-state index contributed by atoms with van der Waals surface area (Å²) in [5, 5.41) is 3.98. The summed E-state index contributed by atoms with van der Waals surface area (Å²) in [6.07, 6.45) is 0. The van der Waals surface area contributed by atoms with Gasteiger partial charge in [-0.3, -0.25) is 14.2 Å². The van der Waals surface area contributed by atoms with Gasteiger partial charge in [0.25, 0.3) is 5.56 Å². The number of nitrogens with one attached hydrogen (secondary N) is 1. The zero-order valence-corrected chi connectivity index (χ0v) is 19.1. The van der Waals surface area contributed by atoms with E-state index in [0.717, 1.165) is 16.9 Å². The molecule has 3 aromatic carbocycles. The van der Waals surface area contributed by atoms with Crippen LogP contribution in [0.3, 0.4) is 0 Å². The van der Waals surface area contributed by atoms with E-state index in [1.807, 2.05) is 73.7 Å². The van der Waals surface area contributed by atoms with Crippen LogP contribution in [0.1, 0.15) is 30.9 Å². The van der Waals surface area contributed by atoms with Crippen molar-refractivity contribution in [3.63, 3.8) is 0 Å². The highest BCUT2D eigenvalue weighted by Gasteiger charge is 2.15. The molecule has 0 unspecified atom stereocenters. The van der Waals surface area contributed by atoms with Crippen molar-refractivity contribution in [1.29, 1.82) is 0 Å². The lowest BCUT2D eigenvalue weighted by molar-refractivity contribution is -0.113. The molecule has 1 amide bonds. The Morgan fingerprint density at radius 3 is 2.41 bits per heavy atom. The van der Waals surface area contributed by atoms with E-state index in [0.29, 0.717) is 22.0 Å². The van der Waals surface area contributed by atoms with E-state index in [4.69, 9.17) is 4.98 Å².